The molecule has 0 radical (unpaired) electrons. The molecule has 142 valence electrons. The number of rotatable bonds is 12. The zero-order valence-corrected chi connectivity index (χ0v) is 16.1. The van der Waals surface area contributed by atoms with Crippen LogP contribution >= 0.6 is 0 Å². The van der Waals surface area contributed by atoms with Gasteiger partial charge < -0.3 is 24.8 Å². The molecule has 0 bridgehead atoms. The summed E-state index contributed by atoms with van der Waals surface area (Å²) in [5.41, 5.74) is 2.32. The monoisotopic (exact) mass is 351 g/mol. The molecule has 0 heterocycles. The van der Waals surface area contributed by atoms with Gasteiger partial charge in [0, 0.05) is 26.8 Å². The van der Waals surface area contributed by atoms with Gasteiger partial charge in [-0.25, -0.2) is 0 Å². The molecule has 0 aliphatic carbocycles. The molecule has 2 N–H and O–H groups in total. The Morgan fingerprint density at radius 1 is 1.04 bits per heavy atom. The highest BCUT2D eigenvalue weighted by Crippen LogP contribution is 2.21. The predicted octanol–water partition coefficient (Wildman–Crippen LogP) is 2.29. The van der Waals surface area contributed by atoms with E-state index in [1.165, 1.54) is 0 Å². The van der Waals surface area contributed by atoms with E-state index in [2.05, 4.69) is 48.5 Å². The Morgan fingerprint density at radius 3 is 2.48 bits per heavy atom. The maximum atomic E-state index is 5.90. The average Bonchev–Trinajstić information content (AvgIpc) is 2.59. The molecule has 0 spiro atoms. The first-order chi connectivity index (χ1) is 12.2. The molecule has 6 heteroatoms. The van der Waals surface area contributed by atoms with Gasteiger partial charge in [0.2, 0.25) is 0 Å². The van der Waals surface area contributed by atoms with E-state index in [1.54, 1.807) is 7.11 Å². The topological polar surface area (TPSA) is 64.1 Å². The van der Waals surface area contributed by atoms with Crippen molar-refractivity contribution < 1.29 is 14.2 Å². The summed E-state index contributed by atoms with van der Waals surface area (Å²) in [6.45, 7) is 11.0. The Balaban J connectivity index is 2.26. The van der Waals surface area contributed by atoms with E-state index < -0.39 is 0 Å². The van der Waals surface area contributed by atoms with Crippen molar-refractivity contribution in [1.29, 1.82) is 0 Å². The van der Waals surface area contributed by atoms with E-state index in [4.69, 9.17) is 14.2 Å². The van der Waals surface area contributed by atoms with Gasteiger partial charge in [-0.3, -0.25) is 4.99 Å². The van der Waals surface area contributed by atoms with Crippen molar-refractivity contribution in [2.45, 2.75) is 27.2 Å². The predicted molar refractivity (Wildman–Crippen MR) is 103 cm³/mol. The number of aryl methyl sites for hydroxylation is 2. The molecule has 1 aromatic carbocycles. The normalized spacial score (nSPS) is 11.4. The molecule has 0 aliphatic rings. The van der Waals surface area contributed by atoms with Crippen LogP contribution in [0.15, 0.2) is 23.2 Å². The minimum Gasteiger partial charge on any atom is -0.491 e. The van der Waals surface area contributed by atoms with Crippen molar-refractivity contribution in [3.05, 3.63) is 29.3 Å². The standard InChI is InChI=1S/C19H33N3O3/c1-5-20-19(21-10-7-12-24-15-14-23-4)22-11-13-25-18-16(2)8-6-9-17(18)3/h6,8-9H,5,7,10-15H2,1-4H3,(H2,20,21,22). The molecule has 0 saturated heterocycles. The Hall–Kier alpha value is -1.79. The molecule has 1 rings (SSSR count). The molecule has 25 heavy (non-hydrogen) atoms. The smallest absolute Gasteiger partial charge is 0.191 e. The zero-order valence-electron chi connectivity index (χ0n) is 16.1. The Morgan fingerprint density at radius 2 is 1.80 bits per heavy atom. The molecule has 0 unspecified atom stereocenters. The van der Waals surface area contributed by atoms with Gasteiger partial charge in [-0.05, 0) is 38.3 Å². The van der Waals surface area contributed by atoms with Gasteiger partial charge in [0.05, 0.1) is 19.8 Å². The Kier molecular flexibility index (Phi) is 11.5. The van der Waals surface area contributed by atoms with Crippen molar-refractivity contribution in [2.75, 3.05) is 53.2 Å². The van der Waals surface area contributed by atoms with E-state index in [1.807, 2.05) is 6.07 Å². The Labute approximate surface area is 152 Å². The van der Waals surface area contributed by atoms with Crippen molar-refractivity contribution in [1.82, 2.24) is 10.6 Å². The summed E-state index contributed by atoms with van der Waals surface area (Å²) in [6.07, 6.45) is 0.888. The first-order valence-electron chi connectivity index (χ1n) is 8.97. The SMILES string of the molecule is CCNC(=NCCCOCCOC)NCCOc1c(C)cccc1C. The maximum absolute atomic E-state index is 5.90. The van der Waals surface area contributed by atoms with Crippen LogP contribution < -0.4 is 15.4 Å². The minimum absolute atomic E-state index is 0.593. The van der Waals surface area contributed by atoms with Crippen LogP contribution in [0.4, 0.5) is 0 Å². The van der Waals surface area contributed by atoms with E-state index in [-0.39, 0.29) is 0 Å². The number of ether oxygens (including phenoxy) is 3. The number of nitrogens with one attached hydrogen (secondary N) is 2. The van der Waals surface area contributed by atoms with Crippen LogP contribution in [-0.2, 0) is 9.47 Å². The second kappa shape index (κ2) is 13.5. The van der Waals surface area contributed by atoms with Gasteiger partial charge in [0.15, 0.2) is 5.96 Å². The quantitative estimate of drug-likeness (QED) is 0.344. The first-order valence-corrected chi connectivity index (χ1v) is 8.97. The third kappa shape index (κ3) is 9.31. The number of para-hydroxylation sites is 1. The summed E-state index contributed by atoms with van der Waals surface area (Å²) in [5, 5.41) is 6.53. The maximum Gasteiger partial charge on any atom is 0.191 e. The van der Waals surface area contributed by atoms with Crippen LogP contribution in [0.1, 0.15) is 24.5 Å². The van der Waals surface area contributed by atoms with Crippen LogP contribution in [0.5, 0.6) is 5.75 Å². The number of methoxy groups -OCH3 is 1. The molecular weight excluding hydrogens is 318 g/mol. The highest BCUT2D eigenvalue weighted by Gasteiger charge is 2.03. The van der Waals surface area contributed by atoms with Crippen LogP contribution in [0.2, 0.25) is 0 Å². The van der Waals surface area contributed by atoms with Gasteiger partial charge >= 0.3 is 0 Å². The summed E-state index contributed by atoms with van der Waals surface area (Å²) in [5.74, 6) is 1.78. The fourth-order valence-corrected chi connectivity index (χ4v) is 2.29. The summed E-state index contributed by atoms with van der Waals surface area (Å²) < 4.78 is 16.3. The van der Waals surface area contributed by atoms with Crippen molar-refractivity contribution >= 4 is 5.96 Å². The molecule has 0 fully saturated rings. The highest BCUT2D eigenvalue weighted by atomic mass is 16.5. The molecule has 0 aliphatic heterocycles. The van der Waals surface area contributed by atoms with Gasteiger partial charge in [-0.1, -0.05) is 18.2 Å². The number of nitrogens with zero attached hydrogens (tertiary/aromatic N) is 1. The fraction of sp³-hybridized carbons (Fsp3) is 0.632. The van der Waals surface area contributed by atoms with Gasteiger partial charge in [0.1, 0.15) is 12.4 Å². The first kappa shape index (κ1) is 21.3. The molecule has 0 amide bonds. The Bertz CT molecular complexity index is 486. The largest absolute Gasteiger partial charge is 0.491 e. The van der Waals surface area contributed by atoms with E-state index in [0.29, 0.717) is 33.0 Å². The van der Waals surface area contributed by atoms with Crippen LogP contribution in [0, 0.1) is 13.8 Å². The van der Waals surface area contributed by atoms with Gasteiger partial charge in [-0.2, -0.15) is 0 Å². The number of hydrogen-bond acceptors (Lipinski definition) is 4. The lowest BCUT2D eigenvalue weighted by atomic mass is 10.1. The lowest BCUT2D eigenvalue weighted by Crippen LogP contribution is -2.39. The number of guanidine groups is 1. The minimum atomic E-state index is 0.593. The second-order valence-electron chi connectivity index (χ2n) is 5.72. The van der Waals surface area contributed by atoms with Crippen LogP contribution in [-0.4, -0.2) is 59.1 Å². The number of aliphatic imine (C=N–C) groups is 1. The van der Waals surface area contributed by atoms with Crippen LogP contribution in [0.25, 0.3) is 0 Å². The second-order valence-corrected chi connectivity index (χ2v) is 5.72. The van der Waals surface area contributed by atoms with Gasteiger partial charge in [-0.15, -0.1) is 0 Å². The van der Waals surface area contributed by atoms with E-state index >= 15 is 0 Å². The molecule has 6 nitrogen and oxygen atoms in total. The molecule has 1 aromatic rings. The lowest BCUT2D eigenvalue weighted by molar-refractivity contribution is 0.0702. The molecule has 0 aromatic heterocycles. The zero-order chi connectivity index (χ0) is 18.3. The third-order valence-corrected chi connectivity index (χ3v) is 3.54. The number of benzene rings is 1. The molecule has 0 atom stereocenters. The number of hydrogen-bond donors (Lipinski definition) is 2. The third-order valence-electron chi connectivity index (χ3n) is 3.54. The summed E-state index contributed by atoms with van der Waals surface area (Å²) in [4.78, 5) is 4.54. The average molecular weight is 351 g/mol. The summed E-state index contributed by atoms with van der Waals surface area (Å²) >= 11 is 0. The lowest BCUT2D eigenvalue weighted by Gasteiger charge is -2.14. The van der Waals surface area contributed by atoms with Gasteiger partial charge in [0.25, 0.3) is 0 Å². The summed E-state index contributed by atoms with van der Waals surface area (Å²) in [6, 6.07) is 6.18. The molecule has 0 saturated carbocycles. The van der Waals surface area contributed by atoms with Crippen molar-refractivity contribution in [3.63, 3.8) is 0 Å². The van der Waals surface area contributed by atoms with Crippen LogP contribution in [0.3, 0.4) is 0 Å². The van der Waals surface area contributed by atoms with E-state index in [9.17, 15) is 0 Å². The summed E-state index contributed by atoms with van der Waals surface area (Å²) in [7, 11) is 1.67. The molecular formula is C19H33N3O3. The van der Waals surface area contributed by atoms with Crippen molar-refractivity contribution in [3.8, 4) is 5.75 Å². The van der Waals surface area contributed by atoms with E-state index in [0.717, 1.165) is 42.3 Å². The highest BCUT2D eigenvalue weighted by molar-refractivity contribution is 5.79. The fourth-order valence-electron chi connectivity index (χ4n) is 2.29. The van der Waals surface area contributed by atoms with Crippen molar-refractivity contribution in [2.24, 2.45) is 4.99 Å².